The highest BCUT2D eigenvalue weighted by Gasteiger charge is 2.20. The number of fused-ring (bicyclic) bond motifs is 8. The number of furan rings is 1. The van der Waals surface area contributed by atoms with Gasteiger partial charge >= 0.3 is 0 Å². The van der Waals surface area contributed by atoms with Gasteiger partial charge in [-0.15, -0.1) is 11.3 Å². The number of hydrogen-bond acceptors (Lipinski definition) is 3. The average molecular weight is 618 g/mol. The Morgan fingerprint density at radius 2 is 1.11 bits per heavy atom. The Kier molecular flexibility index (Phi) is 5.78. The summed E-state index contributed by atoms with van der Waals surface area (Å²) in [4.78, 5) is 2.41. The lowest BCUT2D eigenvalue weighted by Gasteiger charge is -2.27. The molecule has 10 rings (SSSR count). The fraction of sp³-hybridized carbons (Fsp3) is 0. The first kappa shape index (κ1) is 26.3. The van der Waals surface area contributed by atoms with Crippen molar-refractivity contribution in [2.45, 2.75) is 0 Å². The van der Waals surface area contributed by atoms with Gasteiger partial charge in [-0.3, -0.25) is 0 Å². The quantitative estimate of drug-likeness (QED) is 0.195. The number of nitrogens with zero attached hydrogens (tertiary/aromatic N) is 1. The first-order valence-corrected chi connectivity index (χ1v) is 16.7. The van der Waals surface area contributed by atoms with Gasteiger partial charge in [-0.05, 0) is 93.3 Å². The summed E-state index contributed by atoms with van der Waals surface area (Å²) in [7, 11) is 0. The third-order valence-corrected chi connectivity index (χ3v) is 10.5. The van der Waals surface area contributed by atoms with E-state index in [0.29, 0.717) is 0 Å². The molecule has 0 unspecified atom stereocenters. The molecule has 0 spiro atoms. The number of anilines is 3. The van der Waals surface area contributed by atoms with Crippen LogP contribution in [0.15, 0.2) is 168 Å². The Labute approximate surface area is 275 Å². The largest absolute Gasteiger partial charge is 0.456 e. The van der Waals surface area contributed by atoms with Crippen molar-refractivity contribution >= 4 is 92.1 Å². The van der Waals surface area contributed by atoms with E-state index in [1.54, 1.807) is 0 Å². The van der Waals surface area contributed by atoms with E-state index in [1.807, 2.05) is 23.5 Å². The van der Waals surface area contributed by atoms with E-state index in [2.05, 4.69) is 157 Å². The Morgan fingerprint density at radius 1 is 0.426 bits per heavy atom. The molecule has 0 saturated carbocycles. The van der Waals surface area contributed by atoms with Crippen LogP contribution in [0, 0.1) is 0 Å². The molecule has 0 aliphatic rings. The second kappa shape index (κ2) is 10.3. The minimum absolute atomic E-state index is 0.895. The van der Waals surface area contributed by atoms with Crippen LogP contribution < -0.4 is 4.90 Å². The summed E-state index contributed by atoms with van der Waals surface area (Å²) < 4.78 is 8.82. The number of thiophene rings is 1. The van der Waals surface area contributed by atoms with Gasteiger partial charge in [0.05, 0.1) is 5.69 Å². The summed E-state index contributed by atoms with van der Waals surface area (Å²) >= 11 is 1.86. The molecule has 2 heterocycles. The van der Waals surface area contributed by atoms with Crippen molar-refractivity contribution in [1.82, 2.24) is 0 Å². The second-order valence-corrected chi connectivity index (χ2v) is 13.2. The molecular formula is C44H27NOS. The van der Waals surface area contributed by atoms with Gasteiger partial charge in [-0.2, -0.15) is 0 Å². The number of benzene rings is 8. The monoisotopic (exact) mass is 617 g/mol. The Bertz CT molecular complexity index is 2800. The Balaban J connectivity index is 1.22. The van der Waals surface area contributed by atoms with Crippen molar-refractivity contribution in [3.63, 3.8) is 0 Å². The molecule has 8 aromatic carbocycles. The molecule has 0 fully saturated rings. The molecule has 0 saturated heterocycles. The van der Waals surface area contributed by atoms with Gasteiger partial charge in [0.15, 0.2) is 0 Å². The van der Waals surface area contributed by atoms with E-state index in [-0.39, 0.29) is 0 Å². The molecule has 0 N–H and O–H groups in total. The highest BCUT2D eigenvalue weighted by Crippen LogP contribution is 2.47. The Morgan fingerprint density at radius 3 is 1.98 bits per heavy atom. The third kappa shape index (κ3) is 4.17. The molecule has 0 aliphatic carbocycles. The SMILES string of the molecule is c1ccc2cc3c(cc2c1)sc1cccc(N(c2ccc(-c4cccc5ccccc45)cc2)c2ccc4oc5ccccc5c4c2)c13. The molecule has 220 valence electrons. The summed E-state index contributed by atoms with van der Waals surface area (Å²) in [5.74, 6) is 0. The smallest absolute Gasteiger partial charge is 0.135 e. The molecule has 47 heavy (non-hydrogen) atoms. The lowest BCUT2D eigenvalue weighted by atomic mass is 9.98. The molecule has 2 aromatic heterocycles. The zero-order chi connectivity index (χ0) is 30.9. The maximum Gasteiger partial charge on any atom is 0.135 e. The van der Waals surface area contributed by atoms with Crippen molar-refractivity contribution in [1.29, 1.82) is 0 Å². The average Bonchev–Trinajstić information content (AvgIpc) is 3.69. The second-order valence-electron chi connectivity index (χ2n) is 12.1. The van der Waals surface area contributed by atoms with Gasteiger partial charge in [0.2, 0.25) is 0 Å². The predicted octanol–water partition coefficient (Wildman–Crippen LogP) is 13.4. The van der Waals surface area contributed by atoms with Crippen LogP contribution in [-0.4, -0.2) is 0 Å². The van der Waals surface area contributed by atoms with Crippen LogP contribution in [0.1, 0.15) is 0 Å². The molecular weight excluding hydrogens is 591 g/mol. The highest BCUT2D eigenvalue weighted by molar-refractivity contribution is 7.26. The molecule has 0 atom stereocenters. The molecule has 0 radical (unpaired) electrons. The zero-order valence-corrected chi connectivity index (χ0v) is 26.2. The van der Waals surface area contributed by atoms with E-state index in [1.165, 1.54) is 52.8 Å². The van der Waals surface area contributed by atoms with Gasteiger partial charge in [0, 0.05) is 42.3 Å². The first-order chi connectivity index (χ1) is 23.3. The zero-order valence-electron chi connectivity index (χ0n) is 25.4. The van der Waals surface area contributed by atoms with Gasteiger partial charge in [0.1, 0.15) is 11.2 Å². The van der Waals surface area contributed by atoms with E-state index >= 15 is 0 Å². The lowest BCUT2D eigenvalue weighted by molar-refractivity contribution is 0.669. The molecule has 3 heteroatoms. The maximum atomic E-state index is 6.24. The van der Waals surface area contributed by atoms with Crippen LogP contribution in [0.3, 0.4) is 0 Å². The molecule has 2 nitrogen and oxygen atoms in total. The molecule has 0 amide bonds. The number of hydrogen-bond donors (Lipinski definition) is 0. The normalized spacial score (nSPS) is 11.8. The molecule has 0 aliphatic heterocycles. The van der Waals surface area contributed by atoms with Gasteiger partial charge in [-0.1, -0.05) is 103 Å². The van der Waals surface area contributed by atoms with Crippen molar-refractivity contribution in [3.05, 3.63) is 164 Å². The molecule has 0 bridgehead atoms. The maximum absolute atomic E-state index is 6.24. The van der Waals surface area contributed by atoms with Crippen molar-refractivity contribution in [3.8, 4) is 11.1 Å². The summed E-state index contributed by atoms with van der Waals surface area (Å²) in [6.07, 6.45) is 0. The minimum atomic E-state index is 0.895. The van der Waals surface area contributed by atoms with Crippen molar-refractivity contribution < 1.29 is 4.42 Å². The van der Waals surface area contributed by atoms with E-state index in [4.69, 9.17) is 4.42 Å². The fourth-order valence-electron chi connectivity index (χ4n) is 7.23. The van der Waals surface area contributed by atoms with E-state index < -0.39 is 0 Å². The topological polar surface area (TPSA) is 16.4 Å². The van der Waals surface area contributed by atoms with Gasteiger partial charge in [0.25, 0.3) is 0 Å². The number of para-hydroxylation sites is 1. The fourth-order valence-corrected chi connectivity index (χ4v) is 8.38. The van der Waals surface area contributed by atoms with Crippen molar-refractivity contribution in [2.75, 3.05) is 4.90 Å². The van der Waals surface area contributed by atoms with E-state index in [0.717, 1.165) is 39.0 Å². The molecule has 10 aromatic rings. The number of rotatable bonds is 4. The van der Waals surface area contributed by atoms with Crippen LogP contribution in [0.2, 0.25) is 0 Å². The minimum Gasteiger partial charge on any atom is -0.456 e. The van der Waals surface area contributed by atoms with Crippen LogP contribution in [0.4, 0.5) is 17.1 Å². The summed E-state index contributed by atoms with van der Waals surface area (Å²) in [6, 6.07) is 59.1. The standard InChI is InChI=1S/C44H27NOS/c1-2-11-31-26-43-38(25-30(31)10-1)44-39(16-8-18-42(44)47-43)45(33-23-24-41-37(27-33)36-14-5-6-17-40(36)46-41)32-21-19-29(20-22-32)35-15-7-12-28-9-3-4-13-34(28)35/h1-27H. The van der Waals surface area contributed by atoms with Crippen LogP contribution in [-0.2, 0) is 0 Å². The summed E-state index contributed by atoms with van der Waals surface area (Å²) in [5, 5.41) is 9.83. The summed E-state index contributed by atoms with van der Waals surface area (Å²) in [5.41, 5.74) is 7.60. The van der Waals surface area contributed by atoms with Gasteiger partial charge in [-0.25, -0.2) is 0 Å². The first-order valence-electron chi connectivity index (χ1n) is 15.9. The predicted molar refractivity (Wildman–Crippen MR) is 202 cm³/mol. The van der Waals surface area contributed by atoms with Crippen LogP contribution in [0.25, 0.3) is 74.8 Å². The lowest BCUT2D eigenvalue weighted by Crippen LogP contribution is -2.10. The van der Waals surface area contributed by atoms with E-state index in [9.17, 15) is 0 Å². The van der Waals surface area contributed by atoms with Crippen LogP contribution in [0.5, 0.6) is 0 Å². The summed E-state index contributed by atoms with van der Waals surface area (Å²) in [6.45, 7) is 0. The van der Waals surface area contributed by atoms with Crippen molar-refractivity contribution in [2.24, 2.45) is 0 Å². The van der Waals surface area contributed by atoms with Gasteiger partial charge < -0.3 is 9.32 Å². The Hall–Kier alpha value is -5.90. The van der Waals surface area contributed by atoms with Crippen LogP contribution >= 0.6 is 11.3 Å². The highest BCUT2D eigenvalue weighted by atomic mass is 32.1. The third-order valence-electron chi connectivity index (χ3n) is 9.43.